The molecule has 4 nitrogen and oxygen atoms in total. The number of amides is 2. The zero-order valence-electron chi connectivity index (χ0n) is 13.8. The maximum Gasteiger partial charge on any atom is 0.418 e. The molecule has 138 valence electrons. The molecular weight excluding hydrogens is 369 g/mol. The summed E-state index contributed by atoms with van der Waals surface area (Å²) in [5.41, 5.74) is -0.791. The van der Waals surface area contributed by atoms with Gasteiger partial charge in [0.25, 0.3) is 0 Å². The van der Waals surface area contributed by atoms with Crippen molar-refractivity contribution in [3.8, 4) is 0 Å². The molecule has 8 heteroatoms. The lowest BCUT2D eigenvalue weighted by Gasteiger charge is -2.21. The van der Waals surface area contributed by atoms with Crippen molar-refractivity contribution in [3.05, 3.63) is 59.1 Å². The van der Waals surface area contributed by atoms with E-state index in [1.807, 2.05) is 0 Å². The van der Waals surface area contributed by atoms with E-state index < -0.39 is 17.6 Å². The van der Waals surface area contributed by atoms with E-state index in [9.17, 15) is 22.8 Å². The quantitative estimate of drug-likeness (QED) is 0.809. The topological polar surface area (TPSA) is 49.4 Å². The second-order valence-electron chi connectivity index (χ2n) is 5.49. The number of para-hydroxylation sites is 1. The highest BCUT2D eigenvalue weighted by atomic mass is 35.5. The monoisotopic (exact) mass is 384 g/mol. The molecule has 0 bridgehead atoms. The summed E-state index contributed by atoms with van der Waals surface area (Å²) in [5, 5.41) is 2.15. The predicted octanol–water partition coefficient (Wildman–Crippen LogP) is 4.74. The first kappa shape index (κ1) is 19.8. The summed E-state index contributed by atoms with van der Waals surface area (Å²) in [6, 6.07) is 11.8. The molecule has 0 aliphatic rings. The van der Waals surface area contributed by atoms with E-state index >= 15 is 0 Å². The third kappa shape index (κ3) is 5.23. The van der Waals surface area contributed by atoms with Gasteiger partial charge in [0.15, 0.2) is 0 Å². The Hall–Kier alpha value is -2.54. The second kappa shape index (κ2) is 8.23. The molecule has 0 atom stereocenters. The molecule has 0 saturated heterocycles. The summed E-state index contributed by atoms with van der Waals surface area (Å²) < 4.78 is 39.2. The van der Waals surface area contributed by atoms with Crippen LogP contribution in [0.1, 0.15) is 18.9 Å². The van der Waals surface area contributed by atoms with Gasteiger partial charge < -0.3 is 10.2 Å². The summed E-state index contributed by atoms with van der Waals surface area (Å²) in [7, 11) is 0. The van der Waals surface area contributed by atoms with Crippen molar-refractivity contribution in [1.82, 2.24) is 0 Å². The smallest absolute Gasteiger partial charge is 0.325 e. The molecule has 0 aromatic heterocycles. The highest BCUT2D eigenvalue weighted by Crippen LogP contribution is 2.36. The lowest BCUT2D eigenvalue weighted by Crippen LogP contribution is -2.32. The Balaban J connectivity index is 2.08. The zero-order valence-corrected chi connectivity index (χ0v) is 14.6. The van der Waals surface area contributed by atoms with Crippen molar-refractivity contribution in [2.24, 2.45) is 0 Å². The molecule has 0 fully saturated rings. The van der Waals surface area contributed by atoms with E-state index in [-0.39, 0.29) is 29.6 Å². The zero-order chi connectivity index (χ0) is 19.3. The predicted molar refractivity (Wildman–Crippen MR) is 94.2 cm³/mol. The third-order valence-electron chi connectivity index (χ3n) is 3.57. The van der Waals surface area contributed by atoms with Crippen LogP contribution in [0.25, 0.3) is 0 Å². The lowest BCUT2D eigenvalue weighted by atomic mass is 10.1. The Morgan fingerprint density at radius 3 is 2.35 bits per heavy atom. The minimum absolute atomic E-state index is 0.0418. The van der Waals surface area contributed by atoms with Crippen LogP contribution in [0.15, 0.2) is 48.5 Å². The molecule has 2 aromatic carbocycles. The maximum absolute atomic E-state index is 13.1. The molecular formula is C18H16ClF3N2O2. The number of carbonyl (C=O) groups is 2. The van der Waals surface area contributed by atoms with Gasteiger partial charge in [-0.2, -0.15) is 13.2 Å². The number of anilines is 2. The average molecular weight is 385 g/mol. The van der Waals surface area contributed by atoms with Gasteiger partial charge in [-0.1, -0.05) is 29.8 Å². The molecule has 0 spiro atoms. The number of hydrogen-bond acceptors (Lipinski definition) is 2. The van der Waals surface area contributed by atoms with Gasteiger partial charge in [-0.3, -0.25) is 9.59 Å². The molecule has 0 aliphatic carbocycles. The number of nitrogens with one attached hydrogen (secondary N) is 1. The summed E-state index contributed by atoms with van der Waals surface area (Å²) >= 11 is 5.61. The van der Waals surface area contributed by atoms with Crippen molar-refractivity contribution in [3.63, 3.8) is 0 Å². The van der Waals surface area contributed by atoms with Gasteiger partial charge in [0.2, 0.25) is 11.8 Å². The number of nitrogens with zero attached hydrogens (tertiary/aromatic N) is 1. The number of carbonyl (C=O) groups excluding carboxylic acids is 2. The van der Waals surface area contributed by atoms with Crippen LogP contribution in [0.2, 0.25) is 5.02 Å². The summed E-state index contributed by atoms with van der Waals surface area (Å²) in [5.74, 6) is -0.911. The molecule has 1 N–H and O–H groups in total. The number of rotatable bonds is 5. The summed E-state index contributed by atoms with van der Waals surface area (Å²) in [6.45, 7) is 1.39. The molecule has 26 heavy (non-hydrogen) atoms. The van der Waals surface area contributed by atoms with E-state index in [0.29, 0.717) is 5.69 Å². The Kier molecular flexibility index (Phi) is 6.26. The molecule has 2 aromatic rings. The SMILES string of the molecule is CC(=O)N(CCC(=O)Nc1ccc(Cl)cc1C(F)(F)F)c1ccccc1. The number of hydrogen-bond donors (Lipinski definition) is 1. The standard InChI is InChI=1S/C18H16ClF3N2O2/c1-12(25)24(14-5-3-2-4-6-14)10-9-17(26)23-16-8-7-13(19)11-15(16)18(20,21)22/h2-8,11H,9-10H2,1H3,(H,23,26). The van der Waals surface area contributed by atoms with Crippen LogP contribution in [-0.4, -0.2) is 18.4 Å². The van der Waals surface area contributed by atoms with Crippen LogP contribution >= 0.6 is 11.6 Å². The van der Waals surface area contributed by atoms with Gasteiger partial charge in [-0.15, -0.1) is 0 Å². The highest BCUT2D eigenvalue weighted by Gasteiger charge is 2.34. The van der Waals surface area contributed by atoms with E-state index in [4.69, 9.17) is 11.6 Å². The molecule has 0 unspecified atom stereocenters. The molecule has 0 aliphatic heterocycles. The van der Waals surface area contributed by atoms with Crippen LogP contribution in [0.5, 0.6) is 0 Å². The fourth-order valence-corrected chi connectivity index (χ4v) is 2.53. The van der Waals surface area contributed by atoms with Gasteiger partial charge >= 0.3 is 6.18 Å². The van der Waals surface area contributed by atoms with Crippen LogP contribution in [0.4, 0.5) is 24.5 Å². The lowest BCUT2D eigenvalue weighted by molar-refractivity contribution is -0.137. The Labute approximate surface area is 153 Å². The Morgan fingerprint density at radius 1 is 1.12 bits per heavy atom. The van der Waals surface area contributed by atoms with Crippen molar-refractivity contribution < 1.29 is 22.8 Å². The first-order chi connectivity index (χ1) is 12.2. The maximum atomic E-state index is 13.1. The number of halogens is 4. The van der Waals surface area contributed by atoms with Crippen molar-refractivity contribution >= 4 is 34.8 Å². The van der Waals surface area contributed by atoms with E-state index in [0.717, 1.165) is 12.1 Å². The molecule has 2 rings (SSSR count). The molecule has 0 radical (unpaired) electrons. The number of alkyl halides is 3. The van der Waals surface area contributed by atoms with Gasteiger partial charge in [0.1, 0.15) is 0 Å². The largest absolute Gasteiger partial charge is 0.418 e. The average Bonchev–Trinajstić information content (AvgIpc) is 2.56. The van der Waals surface area contributed by atoms with Gasteiger partial charge in [0.05, 0.1) is 11.3 Å². The molecule has 0 saturated carbocycles. The van der Waals surface area contributed by atoms with Crippen molar-refractivity contribution in [2.45, 2.75) is 19.5 Å². The summed E-state index contributed by atoms with van der Waals surface area (Å²) in [6.07, 6.45) is -4.81. The van der Waals surface area contributed by atoms with Crippen LogP contribution in [-0.2, 0) is 15.8 Å². The first-order valence-corrected chi connectivity index (χ1v) is 8.06. The molecule has 2 amide bonds. The molecule has 0 heterocycles. The fraction of sp³-hybridized carbons (Fsp3) is 0.222. The highest BCUT2D eigenvalue weighted by molar-refractivity contribution is 6.30. The Bertz CT molecular complexity index is 795. The second-order valence-corrected chi connectivity index (χ2v) is 5.93. The van der Waals surface area contributed by atoms with Crippen molar-refractivity contribution in [2.75, 3.05) is 16.8 Å². The number of benzene rings is 2. The fourth-order valence-electron chi connectivity index (χ4n) is 2.36. The normalized spacial score (nSPS) is 11.1. The third-order valence-corrected chi connectivity index (χ3v) is 3.81. The van der Waals surface area contributed by atoms with Crippen LogP contribution < -0.4 is 10.2 Å². The van der Waals surface area contributed by atoms with Crippen LogP contribution in [0.3, 0.4) is 0 Å². The van der Waals surface area contributed by atoms with Crippen LogP contribution in [0, 0.1) is 0 Å². The summed E-state index contributed by atoms with van der Waals surface area (Å²) in [4.78, 5) is 25.2. The van der Waals surface area contributed by atoms with Gasteiger partial charge in [-0.05, 0) is 30.3 Å². The minimum Gasteiger partial charge on any atom is -0.325 e. The van der Waals surface area contributed by atoms with E-state index in [1.165, 1.54) is 17.9 Å². The van der Waals surface area contributed by atoms with E-state index in [2.05, 4.69) is 5.32 Å². The van der Waals surface area contributed by atoms with Crippen molar-refractivity contribution in [1.29, 1.82) is 0 Å². The van der Waals surface area contributed by atoms with Gasteiger partial charge in [0, 0.05) is 30.6 Å². The Morgan fingerprint density at radius 2 is 1.77 bits per heavy atom. The van der Waals surface area contributed by atoms with Gasteiger partial charge in [-0.25, -0.2) is 0 Å². The van der Waals surface area contributed by atoms with E-state index in [1.54, 1.807) is 30.3 Å². The minimum atomic E-state index is -4.65. The first-order valence-electron chi connectivity index (χ1n) is 7.68.